The van der Waals surface area contributed by atoms with E-state index >= 15 is 0 Å². The number of hydrogen-bond donors (Lipinski definition) is 4. The molecule has 0 saturated carbocycles. The molecule has 3 aromatic carbocycles. The first-order valence-corrected chi connectivity index (χ1v) is 16.6. The number of piperazine rings is 2. The number of likely N-dealkylation sites (N-methyl/N-ethyl adjacent to an activating group) is 1. The van der Waals surface area contributed by atoms with Gasteiger partial charge in [-0.1, -0.05) is 36.4 Å². The molecule has 2 saturated heterocycles. The lowest BCUT2D eigenvalue weighted by Gasteiger charge is -2.38. The average Bonchev–Trinajstić information content (AvgIpc) is 3.08. The van der Waals surface area contributed by atoms with Crippen molar-refractivity contribution >= 4 is 17.8 Å². The third-order valence-electron chi connectivity index (χ3n) is 8.47. The number of amides is 1. The van der Waals surface area contributed by atoms with Crippen LogP contribution in [0, 0.1) is 5.82 Å². The van der Waals surface area contributed by atoms with Gasteiger partial charge in [0.15, 0.2) is 0 Å². The number of carbonyl (C=O) groups is 3. The molecule has 0 bridgehead atoms. The van der Waals surface area contributed by atoms with Crippen molar-refractivity contribution in [3.8, 4) is 11.1 Å². The summed E-state index contributed by atoms with van der Waals surface area (Å²) in [7, 11) is 2.28. The van der Waals surface area contributed by atoms with Gasteiger partial charge in [-0.15, -0.1) is 0 Å². The molecule has 4 N–H and O–H groups in total. The minimum atomic E-state index is -5.19. The summed E-state index contributed by atoms with van der Waals surface area (Å²) in [6.45, 7) is 11.5. The molecule has 1 atom stereocenters. The molecule has 0 radical (unpaired) electrons. The third-order valence-corrected chi connectivity index (χ3v) is 8.47. The second-order valence-electron chi connectivity index (χ2n) is 13.1. The molecular formula is C36H42F7N5O5. The number of nitrogens with zero attached hydrogens (tertiary/aromatic N) is 2. The van der Waals surface area contributed by atoms with Gasteiger partial charge < -0.3 is 35.4 Å². The normalized spacial score (nSPS) is 17.3. The standard InChI is InChI=1S/C32H40FN5O.2C2HF3O2/c1-24-21-37(14-11-35-24)22-26-5-3-7-28(17-26)30-19-25(9-10-31(30)33)20-36-32(39)29-8-4-6-27(18-29)23-38(2)15-12-34-13-16-38;2*3-2(4,5)1(6)7/h3-10,17-19,24,34-35H,11-16,20-23H2,1-2H3;2*(H,6,7)/t24-;;/m0../s1. The summed E-state index contributed by atoms with van der Waals surface area (Å²) in [5.74, 6) is -6.13. The summed E-state index contributed by atoms with van der Waals surface area (Å²) in [5.41, 5.74) is 5.30. The molecule has 53 heavy (non-hydrogen) atoms. The van der Waals surface area contributed by atoms with E-state index in [1.165, 1.54) is 17.2 Å². The van der Waals surface area contributed by atoms with Gasteiger partial charge in [0.25, 0.3) is 5.91 Å². The Balaban J connectivity index is 0.000000458. The fraction of sp³-hybridized carbons (Fsp3) is 0.417. The number of rotatable bonds is 8. The van der Waals surface area contributed by atoms with Crippen LogP contribution in [0.1, 0.15) is 34.0 Å². The summed E-state index contributed by atoms with van der Waals surface area (Å²) in [4.78, 5) is 33.1. The summed E-state index contributed by atoms with van der Waals surface area (Å²) in [5, 5.41) is 25.8. The van der Waals surface area contributed by atoms with Crippen LogP contribution in [0.3, 0.4) is 0 Å². The molecule has 0 spiro atoms. The second-order valence-corrected chi connectivity index (χ2v) is 13.1. The number of carbonyl (C=O) groups excluding carboxylic acids is 2. The lowest BCUT2D eigenvalue weighted by atomic mass is 10.00. The lowest BCUT2D eigenvalue weighted by molar-refractivity contribution is -0.924. The topological polar surface area (TPSA) is 134 Å². The highest BCUT2D eigenvalue weighted by atomic mass is 19.4. The number of carboxylic acid groups (broad SMARTS) is 2. The van der Waals surface area contributed by atoms with Crippen LogP contribution in [0.25, 0.3) is 11.1 Å². The molecule has 3 aromatic rings. The van der Waals surface area contributed by atoms with Gasteiger partial charge in [-0.2, -0.15) is 26.3 Å². The molecule has 5 rings (SSSR count). The van der Waals surface area contributed by atoms with Gasteiger partial charge in [0, 0.05) is 68.5 Å². The van der Waals surface area contributed by atoms with Gasteiger partial charge in [0.1, 0.15) is 18.3 Å². The molecule has 2 fully saturated rings. The fourth-order valence-corrected chi connectivity index (χ4v) is 5.78. The zero-order chi connectivity index (χ0) is 39.4. The zero-order valence-electron chi connectivity index (χ0n) is 29.1. The molecule has 17 heteroatoms. The number of hydrogen-bond acceptors (Lipinski definition) is 7. The van der Waals surface area contributed by atoms with Crippen LogP contribution in [0.2, 0.25) is 0 Å². The van der Waals surface area contributed by atoms with Crippen LogP contribution in [0.5, 0.6) is 0 Å². The van der Waals surface area contributed by atoms with Crippen molar-refractivity contribution < 1.29 is 59.8 Å². The smallest absolute Gasteiger partial charge is 0.490 e. The van der Waals surface area contributed by atoms with E-state index < -0.39 is 24.3 Å². The first-order valence-electron chi connectivity index (χ1n) is 16.6. The summed E-state index contributed by atoms with van der Waals surface area (Å²) in [6.07, 6.45) is -10.3. The van der Waals surface area contributed by atoms with Crippen molar-refractivity contribution in [2.45, 2.75) is 45.0 Å². The minimum absolute atomic E-state index is 0.113. The fourth-order valence-electron chi connectivity index (χ4n) is 5.78. The van der Waals surface area contributed by atoms with Gasteiger partial charge in [-0.3, -0.25) is 9.69 Å². The van der Waals surface area contributed by atoms with Crippen LogP contribution < -0.4 is 21.1 Å². The van der Waals surface area contributed by atoms with E-state index in [4.69, 9.17) is 19.8 Å². The summed E-state index contributed by atoms with van der Waals surface area (Å²) < 4.78 is 79.2. The average molecular weight is 758 g/mol. The maximum atomic E-state index is 14.9. The lowest BCUT2D eigenvalue weighted by Crippen LogP contribution is -2.55. The Kier molecular flexibility index (Phi) is 15.3. The predicted octanol–water partition coefficient (Wildman–Crippen LogP) is 3.70. The minimum Gasteiger partial charge on any atom is -0.542 e. The summed E-state index contributed by atoms with van der Waals surface area (Å²) >= 11 is 0. The highest BCUT2D eigenvalue weighted by Gasteiger charge is 2.38. The Hall–Kier alpha value is -4.58. The number of aliphatic carboxylic acids is 2. The Bertz CT molecular complexity index is 1670. The van der Waals surface area contributed by atoms with E-state index in [0.29, 0.717) is 23.7 Å². The van der Waals surface area contributed by atoms with Crippen molar-refractivity contribution in [2.75, 3.05) is 52.9 Å². The maximum Gasteiger partial charge on any atom is 0.490 e. The molecule has 0 aromatic heterocycles. The molecule has 2 aliphatic rings. The maximum absolute atomic E-state index is 14.9. The molecular weight excluding hydrogens is 715 g/mol. The number of nitrogens with one attached hydrogen (secondary N) is 3. The Morgan fingerprint density at radius 3 is 2.13 bits per heavy atom. The molecule has 0 aliphatic carbocycles. The quantitative estimate of drug-likeness (QED) is 0.202. The number of halogens is 7. The zero-order valence-corrected chi connectivity index (χ0v) is 29.1. The molecule has 290 valence electrons. The van der Waals surface area contributed by atoms with Gasteiger partial charge in [-0.05, 0) is 53.9 Å². The number of quaternary nitrogens is 1. The Labute approximate surface area is 302 Å². The third kappa shape index (κ3) is 14.4. The van der Waals surface area contributed by atoms with E-state index in [-0.39, 0.29) is 11.7 Å². The van der Waals surface area contributed by atoms with Gasteiger partial charge in [-0.25, -0.2) is 9.18 Å². The molecule has 1 amide bonds. The van der Waals surface area contributed by atoms with Crippen LogP contribution in [0.4, 0.5) is 30.7 Å². The van der Waals surface area contributed by atoms with E-state index in [2.05, 4.69) is 53.0 Å². The van der Waals surface area contributed by atoms with Gasteiger partial charge in [0.2, 0.25) is 0 Å². The van der Waals surface area contributed by atoms with Crippen molar-refractivity contribution in [3.05, 3.63) is 94.8 Å². The van der Waals surface area contributed by atoms with Crippen LogP contribution in [-0.4, -0.2) is 104 Å². The van der Waals surface area contributed by atoms with Crippen molar-refractivity contribution in [1.29, 1.82) is 0 Å². The number of alkyl halides is 6. The molecule has 0 unspecified atom stereocenters. The van der Waals surface area contributed by atoms with Crippen LogP contribution in [0.15, 0.2) is 66.7 Å². The molecule has 2 aliphatic heterocycles. The highest BCUT2D eigenvalue weighted by Crippen LogP contribution is 2.26. The summed E-state index contributed by atoms with van der Waals surface area (Å²) in [6, 6.07) is 21.6. The van der Waals surface area contributed by atoms with Crippen molar-refractivity contribution in [3.63, 3.8) is 0 Å². The largest absolute Gasteiger partial charge is 0.542 e. The molecule has 10 nitrogen and oxygen atoms in total. The van der Waals surface area contributed by atoms with Gasteiger partial charge in [0.05, 0.1) is 20.1 Å². The van der Waals surface area contributed by atoms with Crippen molar-refractivity contribution in [1.82, 2.24) is 20.9 Å². The van der Waals surface area contributed by atoms with E-state index in [1.54, 1.807) is 6.07 Å². The predicted molar refractivity (Wildman–Crippen MR) is 179 cm³/mol. The van der Waals surface area contributed by atoms with E-state index in [9.17, 15) is 35.5 Å². The van der Waals surface area contributed by atoms with Crippen LogP contribution in [-0.2, 0) is 29.2 Å². The monoisotopic (exact) mass is 757 g/mol. The first-order chi connectivity index (χ1) is 24.8. The second kappa shape index (κ2) is 19.0. The van der Waals surface area contributed by atoms with E-state index in [0.717, 1.165) is 74.5 Å². The molecule has 2 heterocycles. The van der Waals surface area contributed by atoms with E-state index in [1.807, 2.05) is 36.4 Å². The van der Waals surface area contributed by atoms with Crippen molar-refractivity contribution in [2.24, 2.45) is 0 Å². The highest BCUT2D eigenvalue weighted by molar-refractivity contribution is 5.94. The first kappa shape index (κ1) is 42.8. The van der Waals surface area contributed by atoms with Crippen LogP contribution >= 0.6 is 0 Å². The Morgan fingerprint density at radius 1 is 0.906 bits per heavy atom. The Morgan fingerprint density at radius 2 is 1.53 bits per heavy atom. The van der Waals surface area contributed by atoms with Gasteiger partial charge >= 0.3 is 18.3 Å². The SMILES string of the molecule is C[C@H]1CN(Cc2cccc(-c3cc(CNC(=O)c4cccc(C[N+]5(C)CCNCC5)c4)ccc3F)c2)CCN1.O=C(O)C(F)(F)F.O=C([O-])C(F)(F)F. The number of benzene rings is 3. The number of carboxylic acids is 2.